The molecule has 1 aromatic heterocycles. The third kappa shape index (κ3) is 4.48. The van der Waals surface area contributed by atoms with Gasteiger partial charge in [-0.15, -0.1) is 0 Å². The van der Waals surface area contributed by atoms with Crippen LogP contribution in [0.4, 0.5) is 8.78 Å². The van der Waals surface area contributed by atoms with Crippen LogP contribution in [0.3, 0.4) is 0 Å². The maximum atomic E-state index is 16.0. The molecule has 3 rings (SSSR count). The summed E-state index contributed by atoms with van der Waals surface area (Å²) in [5.41, 5.74) is -4.15. The Bertz CT molecular complexity index is 1130. The molecule has 1 aliphatic rings. The normalized spacial score (nSPS) is 27.6. The van der Waals surface area contributed by atoms with Crippen LogP contribution in [-0.2, 0) is 14.2 Å². The van der Waals surface area contributed by atoms with Gasteiger partial charge in [0.2, 0.25) is 0 Å². The van der Waals surface area contributed by atoms with E-state index >= 15 is 8.78 Å². The molecular weight excluding hydrogens is 450 g/mol. The van der Waals surface area contributed by atoms with Crippen LogP contribution >= 0.6 is 11.6 Å². The largest absolute Gasteiger partial charge is 0.398 e. The Morgan fingerprint density at radius 1 is 1.31 bits per heavy atom. The topological polar surface area (TPSA) is 99.6 Å². The van der Waals surface area contributed by atoms with E-state index in [0.717, 1.165) is 19.2 Å². The Morgan fingerprint density at radius 3 is 2.62 bits per heavy atom. The smallest absolute Gasteiger partial charge is 0.398 e. The van der Waals surface area contributed by atoms with Crippen molar-refractivity contribution in [2.45, 2.75) is 51.7 Å². The van der Waals surface area contributed by atoms with Crippen LogP contribution in [0, 0.1) is 12.8 Å². The Morgan fingerprint density at radius 2 is 2.00 bits per heavy atom. The predicted octanol–water partition coefficient (Wildman–Crippen LogP) is 3.28. The van der Waals surface area contributed by atoms with Gasteiger partial charge in [0.25, 0.3) is 5.56 Å². The monoisotopic (exact) mass is 472 g/mol. The number of alkyl halides is 2. The van der Waals surface area contributed by atoms with Gasteiger partial charge in [-0.05, 0) is 37.5 Å². The lowest BCUT2D eigenvalue weighted by molar-refractivity contribution is -0.320. The summed E-state index contributed by atoms with van der Waals surface area (Å²) in [7, 11) is 0. The molecule has 0 unspecified atom stereocenters. The Kier molecular flexibility index (Phi) is 6.60. The van der Waals surface area contributed by atoms with Gasteiger partial charge in [0.15, 0.2) is 18.0 Å². The molecule has 2 heterocycles. The van der Waals surface area contributed by atoms with Crippen molar-refractivity contribution in [2.24, 2.45) is 5.92 Å². The molecule has 11 heteroatoms. The molecule has 1 N–H and O–H groups in total. The van der Waals surface area contributed by atoms with E-state index in [1.807, 2.05) is 4.98 Å². The fraction of sp³-hybridized carbons (Fsp3) is 0.476. The fourth-order valence-electron chi connectivity index (χ4n) is 3.38. The molecule has 4 atom stereocenters. The number of rotatable bonds is 6. The van der Waals surface area contributed by atoms with Gasteiger partial charge in [-0.2, -0.15) is 4.39 Å². The summed E-state index contributed by atoms with van der Waals surface area (Å²) < 4.78 is 48.1. The number of halogens is 3. The number of esters is 1. The van der Waals surface area contributed by atoms with Gasteiger partial charge in [-0.25, -0.2) is 14.0 Å². The second kappa shape index (κ2) is 8.76. The maximum absolute atomic E-state index is 16.0. The lowest BCUT2D eigenvalue weighted by atomic mass is 10.00. The fourth-order valence-corrected chi connectivity index (χ4v) is 3.55. The first-order valence-electron chi connectivity index (χ1n) is 9.84. The van der Waals surface area contributed by atoms with Crippen LogP contribution in [-0.4, -0.2) is 39.9 Å². The SMILES string of the molecule is Cc1c(Cl)cccc1C(=O)O[C@@]1(F)O[C@@H](n2ccc(=O)[nH]c2=O)[C@](C)(F)[C@@H]1OCC(C)C. The van der Waals surface area contributed by atoms with E-state index < -0.39 is 41.3 Å². The van der Waals surface area contributed by atoms with E-state index in [4.69, 9.17) is 25.8 Å². The molecule has 0 bridgehead atoms. The Hall–Kier alpha value is -2.56. The number of aromatic amines is 1. The minimum Gasteiger partial charge on any atom is -0.398 e. The van der Waals surface area contributed by atoms with Crippen molar-refractivity contribution < 1.29 is 27.8 Å². The van der Waals surface area contributed by atoms with Crippen LogP contribution in [0.1, 0.15) is 42.9 Å². The molecule has 1 aromatic carbocycles. The minimum absolute atomic E-state index is 0.0500. The average Bonchev–Trinajstić information content (AvgIpc) is 2.87. The van der Waals surface area contributed by atoms with E-state index in [0.29, 0.717) is 10.1 Å². The van der Waals surface area contributed by atoms with E-state index in [1.54, 1.807) is 13.8 Å². The number of benzene rings is 1. The molecule has 0 amide bonds. The molecular formula is C21H23ClF2N2O6. The molecule has 2 aromatic rings. The highest BCUT2D eigenvalue weighted by atomic mass is 35.5. The van der Waals surface area contributed by atoms with Crippen LogP contribution in [0.15, 0.2) is 40.1 Å². The highest BCUT2D eigenvalue weighted by molar-refractivity contribution is 6.31. The molecule has 1 fully saturated rings. The summed E-state index contributed by atoms with van der Waals surface area (Å²) in [4.78, 5) is 38.2. The highest BCUT2D eigenvalue weighted by Crippen LogP contribution is 2.49. The van der Waals surface area contributed by atoms with Crippen molar-refractivity contribution >= 4 is 17.6 Å². The number of carbonyl (C=O) groups excluding carboxylic acids is 1. The van der Waals surface area contributed by atoms with Gasteiger partial charge in [0, 0.05) is 23.9 Å². The molecule has 0 saturated carbocycles. The third-order valence-corrected chi connectivity index (χ3v) is 5.41. The summed E-state index contributed by atoms with van der Waals surface area (Å²) in [6, 6.07) is 1.94. The molecule has 0 radical (unpaired) electrons. The maximum Gasteiger partial charge on any atom is 0.398 e. The first-order chi connectivity index (χ1) is 14.9. The Labute approximate surface area is 187 Å². The van der Waals surface area contributed by atoms with Gasteiger partial charge in [-0.1, -0.05) is 31.5 Å². The zero-order chi connectivity index (χ0) is 23.8. The average molecular weight is 473 g/mol. The number of H-pyrrole nitrogens is 1. The van der Waals surface area contributed by atoms with E-state index in [9.17, 15) is 14.4 Å². The standard InChI is InChI=1S/C21H23ClF2N2O6/c1-11(2)10-30-17-20(4,23)18(26-9-8-15(27)25-19(26)29)32-21(17,24)31-16(28)13-6-5-7-14(22)12(13)3/h5-9,11,17-18H,10H2,1-4H3,(H,25,27,29)/t17-,18+,20+,21+/m0/s1. The van der Waals surface area contributed by atoms with E-state index in [2.05, 4.69) is 0 Å². The molecule has 1 aliphatic heterocycles. The number of carbonyl (C=O) groups is 1. The predicted molar refractivity (Wildman–Crippen MR) is 111 cm³/mol. The lowest BCUT2D eigenvalue weighted by Crippen LogP contribution is -2.49. The summed E-state index contributed by atoms with van der Waals surface area (Å²) in [6.07, 6.45) is -2.98. The number of hydrogen-bond acceptors (Lipinski definition) is 6. The van der Waals surface area contributed by atoms with E-state index in [1.165, 1.54) is 25.1 Å². The number of nitrogens with one attached hydrogen (secondary N) is 1. The van der Waals surface area contributed by atoms with Crippen LogP contribution in [0.2, 0.25) is 5.02 Å². The van der Waals surface area contributed by atoms with Crippen LogP contribution < -0.4 is 11.2 Å². The van der Waals surface area contributed by atoms with E-state index in [-0.39, 0.29) is 23.1 Å². The second-order valence-electron chi connectivity index (χ2n) is 8.13. The summed E-state index contributed by atoms with van der Waals surface area (Å²) in [5, 5.41) is 0.250. The molecule has 0 aliphatic carbocycles. The van der Waals surface area contributed by atoms with Crippen LogP contribution in [0.5, 0.6) is 0 Å². The van der Waals surface area contributed by atoms with Gasteiger partial charge < -0.3 is 9.47 Å². The Balaban J connectivity index is 2.02. The number of ether oxygens (including phenoxy) is 3. The van der Waals surface area contributed by atoms with Crippen molar-refractivity contribution in [1.82, 2.24) is 9.55 Å². The van der Waals surface area contributed by atoms with Crippen molar-refractivity contribution in [1.29, 1.82) is 0 Å². The number of aromatic nitrogens is 2. The van der Waals surface area contributed by atoms with Crippen molar-refractivity contribution in [2.75, 3.05) is 6.61 Å². The molecule has 174 valence electrons. The summed E-state index contributed by atoms with van der Waals surface area (Å²) in [5.74, 6) is -1.27. The first kappa shape index (κ1) is 24.1. The molecule has 1 saturated heterocycles. The number of nitrogens with zero attached hydrogens (tertiary/aromatic N) is 1. The lowest BCUT2D eigenvalue weighted by Gasteiger charge is -2.29. The van der Waals surface area contributed by atoms with Crippen molar-refractivity contribution in [3.8, 4) is 0 Å². The molecule has 32 heavy (non-hydrogen) atoms. The highest BCUT2D eigenvalue weighted by Gasteiger charge is 2.68. The zero-order valence-electron chi connectivity index (χ0n) is 17.9. The minimum atomic E-state index is -3.38. The van der Waals surface area contributed by atoms with Gasteiger partial charge in [0.05, 0.1) is 5.56 Å². The van der Waals surface area contributed by atoms with Gasteiger partial charge in [0.1, 0.15) is 0 Å². The van der Waals surface area contributed by atoms with Crippen molar-refractivity contribution in [3.05, 3.63) is 67.4 Å². The molecule has 0 spiro atoms. The van der Waals surface area contributed by atoms with Gasteiger partial charge >= 0.3 is 17.7 Å². The van der Waals surface area contributed by atoms with Crippen molar-refractivity contribution in [3.63, 3.8) is 0 Å². The quantitative estimate of drug-likeness (QED) is 0.648. The van der Waals surface area contributed by atoms with Gasteiger partial charge in [-0.3, -0.25) is 19.1 Å². The second-order valence-corrected chi connectivity index (χ2v) is 8.54. The first-order valence-corrected chi connectivity index (χ1v) is 10.2. The number of hydrogen-bond donors (Lipinski definition) is 1. The summed E-state index contributed by atoms with van der Waals surface area (Å²) in [6.45, 7) is 5.93. The zero-order valence-corrected chi connectivity index (χ0v) is 18.6. The molecule has 8 nitrogen and oxygen atoms in total. The van der Waals surface area contributed by atoms with Crippen LogP contribution in [0.25, 0.3) is 0 Å². The summed E-state index contributed by atoms with van der Waals surface area (Å²) >= 11 is 6.02. The third-order valence-electron chi connectivity index (χ3n) is 5.00.